The van der Waals surface area contributed by atoms with Gasteiger partial charge in [-0.05, 0) is 25.0 Å². The van der Waals surface area contributed by atoms with E-state index in [-0.39, 0.29) is 6.61 Å². The van der Waals surface area contributed by atoms with Gasteiger partial charge in [-0.15, -0.1) is 0 Å². The van der Waals surface area contributed by atoms with Crippen molar-refractivity contribution in [2.24, 2.45) is 0 Å². The van der Waals surface area contributed by atoms with E-state index in [0.717, 1.165) is 16.7 Å². The molecule has 0 spiro atoms. The molecule has 0 aromatic heterocycles. The summed E-state index contributed by atoms with van der Waals surface area (Å²) in [4.78, 5) is 20.9. The van der Waals surface area contributed by atoms with Gasteiger partial charge in [-0.25, -0.2) is 9.59 Å². The summed E-state index contributed by atoms with van der Waals surface area (Å²) in [6.07, 6.45) is 0. The number of carbonyl (C=O) groups excluding carboxylic acids is 1. The fourth-order valence-corrected chi connectivity index (χ4v) is 1.21. The SMILES string of the molecule is Cc1ccc(COC(=O)C(=O)O)c(C)c1. The van der Waals surface area contributed by atoms with Crippen LogP contribution in [-0.2, 0) is 20.9 Å². The van der Waals surface area contributed by atoms with Gasteiger partial charge < -0.3 is 9.84 Å². The fraction of sp³-hybridized carbons (Fsp3) is 0.273. The van der Waals surface area contributed by atoms with Gasteiger partial charge in [0.15, 0.2) is 0 Å². The lowest BCUT2D eigenvalue weighted by atomic mass is 10.1. The smallest absolute Gasteiger partial charge is 0.417 e. The maximum absolute atomic E-state index is 10.7. The first-order chi connectivity index (χ1) is 7.00. The molecule has 1 aromatic rings. The van der Waals surface area contributed by atoms with E-state index in [1.807, 2.05) is 32.0 Å². The summed E-state index contributed by atoms with van der Waals surface area (Å²) in [5.74, 6) is -2.80. The number of benzene rings is 1. The Labute approximate surface area is 87.5 Å². The third-order valence-corrected chi connectivity index (χ3v) is 2.03. The van der Waals surface area contributed by atoms with Crippen molar-refractivity contribution in [2.45, 2.75) is 20.5 Å². The minimum atomic E-state index is -1.57. The highest BCUT2D eigenvalue weighted by molar-refractivity contribution is 6.28. The Morgan fingerprint density at radius 1 is 1.33 bits per heavy atom. The molecule has 0 atom stereocenters. The van der Waals surface area contributed by atoms with Crippen molar-refractivity contribution in [3.05, 3.63) is 34.9 Å². The second-order valence-electron chi connectivity index (χ2n) is 3.31. The molecule has 1 rings (SSSR count). The molecule has 0 unspecified atom stereocenters. The first-order valence-electron chi connectivity index (χ1n) is 4.47. The molecule has 0 saturated carbocycles. The van der Waals surface area contributed by atoms with Crippen LogP contribution in [0.3, 0.4) is 0 Å². The van der Waals surface area contributed by atoms with Crippen LogP contribution >= 0.6 is 0 Å². The molecule has 0 heterocycles. The predicted octanol–water partition coefficient (Wildman–Crippen LogP) is 1.43. The molecular formula is C11H12O4. The van der Waals surface area contributed by atoms with Crippen LogP contribution in [0.2, 0.25) is 0 Å². The van der Waals surface area contributed by atoms with Gasteiger partial charge >= 0.3 is 11.9 Å². The van der Waals surface area contributed by atoms with E-state index in [1.54, 1.807) is 0 Å². The van der Waals surface area contributed by atoms with E-state index in [0.29, 0.717) is 0 Å². The van der Waals surface area contributed by atoms with E-state index in [2.05, 4.69) is 4.74 Å². The maximum Gasteiger partial charge on any atom is 0.417 e. The van der Waals surface area contributed by atoms with Crippen molar-refractivity contribution in [3.63, 3.8) is 0 Å². The van der Waals surface area contributed by atoms with Crippen LogP contribution in [0.4, 0.5) is 0 Å². The third-order valence-electron chi connectivity index (χ3n) is 2.03. The molecule has 4 nitrogen and oxygen atoms in total. The number of rotatable bonds is 2. The van der Waals surface area contributed by atoms with Gasteiger partial charge in [0.2, 0.25) is 0 Å². The van der Waals surface area contributed by atoms with Crippen LogP contribution in [0.1, 0.15) is 16.7 Å². The second-order valence-corrected chi connectivity index (χ2v) is 3.31. The lowest BCUT2D eigenvalue weighted by Gasteiger charge is -2.06. The Bertz CT molecular complexity index is 396. The minimum absolute atomic E-state index is 0.00273. The Morgan fingerprint density at radius 3 is 2.53 bits per heavy atom. The number of esters is 1. The number of carboxylic acid groups (broad SMARTS) is 1. The molecule has 0 fully saturated rings. The zero-order valence-electron chi connectivity index (χ0n) is 8.61. The average molecular weight is 208 g/mol. The molecule has 0 aliphatic carbocycles. The Hall–Kier alpha value is -1.84. The predicted molar refractivity (Wildman–Crippen MR) is 53.3 cm³/mol. The first kappa shape index (κ1) is 11.2. The Balaban J connectivity index is 2.66. The fourth-order valence-electron chi connectivity index (χ4n) is 1.21. The molecule has 15 heavy (non-hydrogen) atoms. The Kier molecular flexibility index (Phi) is 3.44. The largest absolute Gasteiger partial charge is 0.473 e. The summed E-state index contributed by atoms with van der Waals surface area (Å²) in [7, 11) is 0. The summed E-state index contributed by atoms with van der Waals surface area (Å²) in [6.45, 7) is 3.84. The van der Waals surface area contributed by atoms with Crippen molar-refractivity contribution in [3.8, 4) is 0 Å². The van der Waals surface area contributed by atoms with Gasteiger partial charge in [0.25, 0.3) is 0 Å². The number of hydrogen-bond acceptors (Lipinski definition) is 3. The molecule has 0 bridgehead atoms. The third kappa shape index (κ3) is 3.09. The van der Waals surface area contributed by atoms with E-state index < -0.39 is 11.9 Å². The molecule has 0 aliphatic rings. The monoisotopic (exact) mass is 208 g/mol. The van der Waals surface area contributed by atoms with Crippen LogP contribution in [0.5, 0.6) is 0 Å². The van der Waals surface area contributed by atoms with Gasteiger partial charge in [0.1, 0.15) is 6.61 Å². The van der Waals surface area contributed by atoms with Crippen LogP contribution in [0.25, 0.3) is 0 Å². The lowest BCUT2D eigenvalue weighted by Crippen LogP contribution is -2.16. The van der Waals surface area contributed by atoms with Gasteiger partial charge in [-0.2, -0.15) is 0 Å². The van der Waals surface area contributed by atoms with E-state index in [1.165, 1.54) is 0 Å². The van der Waals surface area contributed by atoms with E-state index >= 15 is 0 Å². The zero-order chi connectivity index (χ0) is 11.4. The van der Waals surface area contributed by atoms with E-state index in [9.17, 15) is 9.59 Å². The molecule has 4 heteroatoms. The highest BCUT2D eigenvalue weighted by Crippen LogP contribution is 2.11. The zero-order valence-corrected chi connectivity index (χ0v) is 8.61. The molecule has 0 aliphatic heterocycles. The molecule has 0 saturated heterocycles. The molecule has 1 N–H and O–H groups in total. The van der Waals surface area contributed by atoms with Crippen molar-refractivity contribution in [2.75, 3.05) is 0 Å². The van der Waals surface area contributed by atoms with Gasteiger partial charge in [-0.1, -0.05) is 23.8 Å². The summed E-state index contributed by atoms with van der Waals surface area (Å²) in [6, 6.07) is 5.65. The number of ether oxygens (including phenoxy) is 1. The number of aliphatic carboxylic acids is 1. The van der Waals surface area contributed by atoms with Crippen molar-refractivity contribution in [1.82, 2.24) is 0 Å². The van der Waals surface area contributed by atoms with Crippen LogP contribution in [-0.4, -0.2) is 17.0 Å². The summed E-state index contributed by atoms with van der Waals surface area (Å²) in [5, 5.41) is 8.30. The highest BCUT2D eigenvalue weighted by atomic mass is 16.6. The number of aryl methyl sites for hydroxylation is 2. The van der Waals surface area contributed by atoms with Gasteiger partial charge in [0, 0.05) is 0 Å². The second kappa shape index (κ2) is 4.59. The highest BCUT2D eigenvalue weighted by Gasteiger charge is 2.13. The van der Waals surface area contributed by atoms with Crippen LogP contribution < -0.4 is 0 Å². The molecular weight excluding hydrogens is 196 g/mol. The van der Waals surface area contributed by atoms with Crippen molar-refractivity contribution in [1.29, 1.82) is 0 Å². The summed E-state index contributed by atoms with van der Waals surface area (Å²) >= 11 is 0. The molecule has 1 aromatic carbocycles. The lowest BCUT2D eigenvalue weighted by molar-refractivity contribution is -0.164. The standard InChI is InChI=1S/C11H12O4/c1-7-3-4-9(8(2)5-7)6-15-11(14)10(12)13/h3-5H,6H2,1-2H3,(H,12,13). The number of hydrogen-bond donors (Lipinski definition) is 1. The summed E-state index contributed by atoms with van der Waals surface area (Å²) < 4.78 is 4.57. The van der Waals surface area contributed by atoms with Crippen molar-refractivity contribution < 1.29 is 19.4 Å². The average Bonchev–Trinajstić information content (AvgIpc) is 2.15. The maximum atomic E-state index is 10.7. The van der Waals surface area contributed by atoms with Gasteiger partial charge in [-0.3, -0.25) is 0 Å². The number of carbonyl (C=O) groups is 2. The summed E-state index contributed by atoms with van der Waals surface area (Å²) in [5.41, 5.74) is 2.91. The normalized spacial score (nSPS) is 9.73. The quantitative estimate of drug-likeness (QED) is 0.590. The molecule has 0 amide bonds. The Morgan fingerprint density at radius 2 is 2.00 bits per heavy atom. The number of carboxylic acids is 1. The topological polar surface area (TPSA) is 63.6 Å². The molecule has 80 valence electrons. The van der Waals surface area contributed by atoms with Crippen molar-refractivity contribution >= 4 is 11.9 Å². The van der Waals surface area contributed by atoms with Crippen LogP contribution in [0.15, 0.2) is 18.2 Å². The minimum Gasteiger partial charge on any atom is -0.473 e. The van der Waals surface area contributed by atoms with Crippen LogP contribution in [0, 0.1) is 13.8 Å². The van der Waals surface area contributed by atoms with E-state index in [4.69, 9.17) is 5.11 Å². The molecule has 0 radical (unpaired) electrons. The first-order valence-corrected chi connectivity index (χ1v) is 4.47. The van der Waals surface area contributed by atoms with Gasteiger partial charge in [0.05, 0.1) is 0 Å².